The molecular weight excluding hydrogens is 310 g/mol. The van der Waals surface area contributed by atoms with Crippen molar-refractivity contribution in [2.75, 3.05) is 13.1 Å². The van der Waals surface area contributed by atoms with Gasteiger partial charge in [-0.15, -0.1) is 0 Å². The van der Waals surface area contributed by atoms with E-state index < -0.39 is 0 Å². The van der Waals surface area contributed by atoms with E-state index in [9.17, 15) is 4.79 Å². The van der Waals surface area contributed by atoms with Crippen LogP contribution in [0.5, 0.6) is 0 Å². The number of piperidine rings is 1. The lowest BCUT2D eigenvalue weighted by atomic mass is 9.90. The van der Waals surface area contributed by atoms with Gasteiger partial charge in [-0.3, -0.25) is 4.79 Å². The standard InChI is InChI=1S/C21H29N3O/c1-3-20-22-12-14-23(20)16-21(25)24-13-6-8-18(15-24)10-11-19-9-5-4-7-17(19)2/h4-5,7,9,12,14,18H,3,6,8,10-11,13,15-16H2,1-2H3. The number of aryl methyl sites for hydroxylation is 3. The molecule has 1 unspecified atom stereocenters. The van der Waals surface area contributed by atoms with Gasteiger partial charge >= 0.3 is 0 Å². The molecule has 1 aliphatic rings. The lowest BCUT2D eigenvalue weighted by molar-refractivity contribution is -0.133. The minimum Gasteiger partial charge on any atom is -0.341 e. The second-order valence-corrected chi connectivity index (χ2v) is 7.14. The molecule has 25 heavy (non-hydrogen) atoms. The molecular formula is C21H29N3O. The van der Waals surface area contributed by atoms with Crippen LogP contribution < -0.4 is 0 Å². The Morgan fingerprint density at radius 1 is 1.32 bits per heavy atom. The van der Waals surface area contributed by atoms with Gasteiger partial charge in [0.25, 0.3) is 0 Å². The van der Waals surface area contributed by atoms with E-state index in [-0.39, 0.29) is 5.91 Å². The van der Waals surface area contributed by atoms with E-state index >= 15 is 0 Å². The lowest BCUT2D eigenvalue weighted by Gasteiger charge is -2.33. The molecule has 0 N–H and O–H groups in total. The van der Waals surface area contributed by atoms with Gasteiger partial charge in [-0.2, -0.15) is 0 Å². The Bertz CT molecular complexity index is 707. The molecule has 0 spiro atoms. The maximum absolute atomic E-state index is 12.7. The monoisotopic (exact) mass is 339 g/mol. The van der Waals surface area contributed by atoms with Crippen LogP contribution in [0.2, 0.25) is 0 Å². The Morgan fingerprint density at radius 3 is 2.96 bits per heavy atom. The van der Waals surface area contributed by atoms with Crippen molar-refractivity contribution in [1.29, 1.82) is 0 Å². The van der Waals surface area contributed by atoms with E-state index in [0.29, 0.717) is 12.5 Å². The summed E-state index contributed by atoms with van der Waals surface area (Å²) in [5.41, 5.74) is 2.82. The summed E-state index contributed by atoms with van der Waals surface area (Å²) < 4.78 is 1.99. The Kier molecular flexibility index (Phi) is 5.90. The van der Waals surface area contributed by atoms with Gasteiger partial charge in [0.2, 0.25) is 5.91 Å². The van der Waals surface area contributed by atoms with Gasteiger partial charge < -0.3 is 9.47 Å². The number of aromatic nitrogens is 2. The van der Waals surface area contributed by atoms with Gasteiger partial charge in [0.15, 0.2) is 0 Å². The zero-order chi connectivity index (χ0) is 17.6. The van der Waals surface area contributed by atoms with Crippen LogP contribution in [0.15, 0.2) is 36.7 Å². The van der Waals surface area contributed by atoms with Crippen LogP contribution in [0, 0.1) is 12.8 Å². The van der Waals surface area contributed by atoms with E-state index in [1.807, 2.05) is 10.8 Å². The van der Waals surface area contributed by atoms with Gasteiger partial charge in [0.05, 0.1) is 0 Å². The third-order valence-corrected chi connectivity index (χ3v) is 5.38. The Hall–Kier alpha value is -2.10. The molecule has 3 rings (SSSR count). The summed E-state index contributed by atoms with van der Waals surface area (Å²) in [5, 5.41) is 0. The Labute approximate surface area is 150 Å². The van der Waals surface area contributed by atoms with Crippen LogP contribution in [0.25, 0.3) is 0 Å². The summed E-state index contributed by atoms with van der Waals surface area (Å²) in [6.45, 7) is 6.48. The summed E-state index contributed by atoms with van der Waals surface area (Å²) in [7, 11) is 0. The van der Waals surface area contributed by atoms with Crippen molar-refractivity contribution in [2.45, 2.75) is 52.5 Å². The van der Waals surface area contributed by atoms with Crippen LogP contribution in [-0.2, 0) is 24.2 Å². The van der Waals surface area contributed by atoms with Crippen LogP contribution in [-0.4, -0.2) is 33.4 Å². The molecule has 0 bridgehead atoms. The van der Waals surface area contributed by atoms with Gasteiger partial charge in [-0.1, -0.05) is 31.2 Å². The second kappa shape index (κ2) is 8.32. The molecule has 2 aromatic rings. The molecule has 1 amide bonds. The minimum absolute atomic E-state index is 0.230. The number of benzene rings is 1. The molecule has 1 atom stereocenters. The average molecular weight is 339 g/mol. The highest BCUT2D eigenvalue weighted by atomic mass is 16.2. The van der Waals surface area contributed by atoms with E-state index in [0.717, 1.165) is 38.2 Å². The summed E-state index contributed by atoms with van der Waals surface area (Å²) in [5.74, 6) is 1.83. The first-order chi connectivity index (χ1) is 12.2. The highest BCUT2D eigenvalue weighted by Gasteiger charge is 2.24. The number of hydrogen-bond acceptors (Lipinski definition) is 2. The van der Waals surface area contributed by atoms with Crippen LogP contribution in [0.3, 0.4) is 0 Å². The summed E-state index contributed by atoms with van der Waals surface area (Å²) >= 11 is 0. The van der Waals surface area contributed by atoms with Gasteiger partial charge in [0.1, 0.15) is 12.4 Å². The second-order valence-electron chi connectivity index (χ2n) is 7.14. The summed E-state index contributed by atoms with van der Waals surface area (Å²) in [6.07, 6.45) is 9.19. The highest BCUT2D eigenvalue weighted by molar-refractivity contribution is 5.76. The first-order valence-electron chi connectivity index (χ1n) is 9.49. The number of likely N-dealkylation sites (tertiary alicyclic amines) is 1. The quantitative estimate of drug-likeness (QED) is 0.806. The van der Waals surface area contributed by atoms with Crippen molar-refractivity contribution in [2.24, 2.45) is 5.92 Å². The fourth-order valence-electron chi connectivity index (χ4n) is 3.82. The fourth-order valence-corrected chi connectivity index (χ4v) is 3.82. The number of carbonyl (C=O) groups excluding carboxylic acids is 1. The largest absolute Gasteiger partial charge is 0.341 e. The SMILES string of the molecule is CCc1nccn1CC(=O)N1CCCC(CCc2ccccc2C)C1. The molecule has 1 aromatic heterocycles. The van der Waals surface area contributed by atoms with Crippen LogP contribution in [0.4, 0.5) is 0 Å². The molecule has 1 aliphatic heterocycles. The molecule has 2 heterocycles. The number of carbonyl (C=O) groups is 1. The van der Waals surface area contributed by atoms with Crippen molar-refractivity contribution in [3.63, 3.8) is 0 Å². The summed E-state index contributed by atoms with van der Waals surface area (Å²) in [4.78, 5) is 19.1. The number of hydrogen-bond donors (Lipinski definition) is 0. The number of nitrogens with zero attached hydrogens (tertiary/aromatic N) is 3. The first kappa shape index (κ1) is 17.7. The van der Waals surface area contributed by atoms with Crippen LogP contribution >= 0.6 is 0 Å². The molecule has 0 saturated carbocycles. The normalized spacial score (nSPS) is 17.7. The first-order valence-corrected chi connectivity index (χ1v) is 9.49. The Morgan fingerprint density at radius 2 is 2.16 bits per heavy atom. The van der Waals surface area contributed by atoms with E-state index in [1.165, 1.54) is 24.0 Å². The number of rotatable bonds is 6. The van der Waals surface area contributed by atoms with E-state index in [2.05, 4.69) is 48.0 Å². The van der Waals surface area contributed by atoms with E-state index in [4.69, 9.17) is 0 Å². The molecule has 1 fully saturated rings. The highest BCUT2D eigenvalue weighted by Crippen LogP contribution is 2.23. The maximum atomic E-state index is 12.7. The molecule has 4 heteroatoms. The molecule has 0 aliphatic carbocycles. The fraction of sp³-hybridized carbons (Fsp3) is 0.524. The lowest BCUT2D eigenvalue weighted by Crippen LogP contribution is -2.41. The molecule has 0 radical (unpaired) electrons. The van der Waals surface area contributed by atoms with Gasteiger partial charge in [0, 0.05) is 31.9 Å². The van der Waals surface area contributed by atoms with Crippen molar-refractivity contribution in [3.05, 3.63) is 53.6 Å². The van der Waals surface area contributed by atoms with Gasteiger partial charge in [-0.05, 0) is 49.7 Å². The molecule has 1 aromatic carbocycles. The molecule has 4 nitrogen and oxygen atoms in total. The minimum atomic E-state index is 0.230. The average Bonchev–Trinajstić information content (AvgIpc) is 3.08. The predicted molar refractivity (Wildman–Crippen MR) is 100 cm³/mol. The third kappa shape index (κ3) is 4.50. The van der Waals surface area contributed by atoms with Crippen molar-refractivity contribution in [1.82, 2.24) is 14.5 Å². The number of amides is 1. The van der Waals surface area contributed by atoms with Crippen molar-refractivity contribution >= 4 is 5.91 Å². The Balaban J connectivity index is 1.54. The summed E-state index contributed by atoms with van der Waals surface area (Å²) in [6, 6.07) is 8.63. The van der Waals surface area contributed by atoms with Crippen molar-refractivity contribution in [3.8, 4) is 0 Å². The third-order valence-electron chi connectivity index (χ3n) is 5.38. The molecule has 1 saturated heterocycles. The number of imidazole rings is 1. The molecule has 134 valence electrons. The zero-order valence-electron chi connectivity index (χ0n) is 15.4. The topological polar surface area (TPSA) is 38.1 Å². The van der Waals surface area contributed by atoms with E-state index in [1.54, 1.807) is 6.20 Å². The predicted octanol–water partition coefficient (Wildman–Crippen LogP) is 3.63. The zero-order valence-corrected chi connectivity index (χ0v) is 15.4. The van der Waals surface area contributed by atoms with Crippen molar-refractivity contribution < 1.29 is 4.79 Å². The van der Waals surface area contributed by atoms with Gasteiger partial charge in [-0.25, -0.2) is 4.98 Å². The maximum Gasteiger partial charge on any atom is 0.242 e. The smallest absolute Gasteiger partial charge is 0.242 e. The van der Waals surface area contributed by atoms with Crippen LogP contribution in [0.1, 0.15) is 43.1 Å².